The van der Waals surface area contributed by atoms with E-state index in [0.29, 0.717) is 5.92 Å². The van der Waals surface area contributed by atoms with E-state index >= 15 is 0 Å². The third-order valence-electron chi connectivity index (χ3n) is 7.88. The zero-order valence-corrected chi connectivity index (χ0v) is 16.1. The standard InChI is InChI=1S/C21H30O4/c1-12(2)17(22)13-9-15-19(3)7-6-8-20(4,18(23)24-5)14(19)10-16-21(15,11-13)25-16/h11-12,14-16H,6-10H2,1-5H3/t14-,15-,16-,19+,20-,21+/m1/s1. The molecule has 0 N–H and O–H groups in total. The quantitative estimate of drug-likeness (QED) is 0.578. The number of ketones is 1. The molecule has 4 heteroatoms. The van der Waals surface area contributed by atoms with E-state index in [1.807, 2.05) is 13.8 Å². The third kappa shape index (κ3) is 2.09. The Morgan fingerprint density at radius 2 is 1.96 bits per heavy atom. The SMILES string of the molecule is COC(=O)[C@]1(C)CCC[C@]2(C)[C@H]3CC(C(=O)C(C)C)=C[C@]34O[C@@H]4C[C@H]21. The first-order valence-electron chi connectivity index (χ1n) is 9.71. The summed E-state index contributed by atoms with van der Waals surface area (Å²) in [5.74, 6) is 0.764. The van der Waals surface area contributed by atoms with E-state index in [-0.39, 0.29) is 40.7 Å². The van der Waals surface area contributed by atoms with Gasteiger partial charge in [0, 0.05) is 11.8 Å². The van der Waals surface area contributed by atoms with Crippen molar-refractivity contribution in [2.45, 2.75) is 71.5 Å². The first-order chi connectivity index (χ1) is 11.7. The second kappa shape index (κ2) is 5.18. The average Bonchev–Trinajstić information content (AvgIpc) is 3.11. The van der Waals surface area contributed by atoms with Gasteiger partial charge < -0.3 is 9.47 Å². The van der Waals surface area contributed by atoms with Gasteiger partial charge in [0.2, 0.25) is 0 Å². The molecule has 4 rings (SSSR count). The highest BCUT2D eigenvalue weighted by Crippen LogP contribution is 2.71. The summed E-state index contributed by atoms with van der Waals surface area (Å²) in [6.45, 7) is 8.35. The van der Waals surface area contributed by atoms with E-state index in [0.717, 1.165) is 37.7 Å². The highest BCUT2D eigenvalue weighted by atomic mass is 16.6. The Kier molecular flexibility index (Phi) is 3.58. The molecule has 0 amide bonds. The van der Waals surface area contributed by atoms with Gasteiger partial charge in [-0.15, -0.1) is 0 Å². The molecule has 0 aromatic rings. The van der Waals surface area contributed by atoms with Crippen LogP contribution in [0.3, 0.4) is 0 Å². The summed E-state index contributed by atoms with van der Waals surface area (Å²) in [4.78, 5) is 25.2. The molecule has 3 aliphatic carbocycles. The van der Waals surface area contributed by atoms with E-state index < -0.39 is 5.41 Å². The Hall–Kier alpha value is -1.16. The van der Waals surface area contributed by atoms with Crippen molar-refractivity contribution in [1.82, 2.24) is 0 Å². The number of epoxide rings is 1. The van der Waals surface area contributed by atoms with Crippen LogP contribution in [0.1, 0.15) is 59.8 Å². The predicted molar refractivity (Wildman–Crippen MR) is 93.8 cm³/mol. The van der Waals surface area contributed by atoms with Crippen molar-refractivity contribution in [1.29, 1.82) is 0 Å². The van der Waals surface area contributed by atoms with Crippen LogP contribution in [0.5, 0.6) is 0 Å². The number of allylic oxidation sites excluding steroid dienone is 1. The van der Waals surface area contributed by atoms with Crippen molar-refractivity contribution in [3.05, 3.63) is 11.6 Å². The van der Waals surface area contributed by atoms with Crippen LogP contribution >= 0.6 is 0 Å². The van der Waals surface area contributed by atoms with Crippen molar-refractivity contribution in [3.8, 4) is 0 Å². The second-order valence-corrected chi connectivity index (χ2v) is 9.46. The summed E-state index contributed by atoms with van der Waals surface area (Å²) < 4.78 is 11.4. The molecule has 0 bridgehead atoms. The first-order valence-corrected chi connectivity index (χ1v) is 9.71. The number of rotatable bonds is 3. The lowest BCUT2D eigenvalue weighted by molar-refractivity contribution is -0.169. The number of ether oxygens (including phenoxy) is 2. The number of hydrogen-bond acceptors (Lipinski definition) is 4. The summed E-state index contributed by atoms with van der Waals surface area (Å²) in [6, 6.07) is 0. The van der Waals surface area contributed by atoms with Crippen molar-refractivity contribution in [3.63, 3.8) is 0 Å². The molecular formula is C21H30O4. The number of carbonyl (C=O) groups is 2. The van der Waals surface area contributed by atoms with Crippen LogP contribution in [0.2, 0.25) is 0 Å². The minimum atomic E-state index is -0.440. The molecule has 0 aromatic carbocycles. The summed E-state index contributed by atoms with van der Waals surface area (Å²) in [5, 5.41) is 0. The molecule has 0 aromatic heterocycles. The lowest BCUT2D eigenvalue weighted by Crippen LogP contribution is -2.56. The lowest BCUT2D eigenvalue weighted by atomic mass is 9.46. The topological polar surface area (TPSA) is 55.9 Å². The maximum absolute atomic E-state index is 12.6. The normalized spacial score (nSPS) is 47.4. The van der Waals surface area contributed by atoms with Crippen LogP contribution in [0.25, 0.3) is 0 Å². The smallest absolute Gasteiger partial charge is 0.311 e. The van der Waals surface area contributed by atoms with E-state index in [4.69, 9.17) is 9.47 Å². The van der Waals surface area contributed by atoms with Crippen LogP contribution in [-0.2, 0) is 19.1 Å². The van der Waals surface area contributed by atoms with Crippen LogP contribution in [-0.4, -0.2) is 30.6 Å². The minimum Gasteiger partial charge on any atom is -0.469 e. The largest absolute Gasteiger partial charge is 0.469 e. The zero-order valence-electron chi connectivity index (χ0n) is 16.1. The van der Waals surface area contributed by atoms with Gasteiger partial charge in [-0.05, 0) is 55.6 Å². The predicted octanol–water partition coefficient (Wildman–Crippen LogP) is 3.68. The third-order valence-corrected chi connectivity index (χ3v) is 7.88. The van der Waals surface area contributed by atoms with E-state index in [1.165, 1.54) is 7.11 Å². The molecule has 25 heavy (non-hydrogen) atoms. The number of fused-ring (bicyclic) bond motifs is 2. The molecule has 1 spiro atoms. The molecule has 4 aliphatic rings. The van der Waals surface area contributed by atoms with E-state index in [2.05, 4.69) is 19.9 Å². The molecule has 1 saturated heterocycles. The Morgan fingerprint density at radius 1 is 1.24 bits per heavy atom. The molecule has 1 heterocycles. The highest BCUT2D eigenvalue weighted by molar-refractivity contribution is 5.97. The van der Waals surface area contributed by atoms with Gasteiger partial charge in [0.05, 0.1) is 18.6 Å². The Bertz CT molecular complexity index is 665. The maximum atomic E-state index is 12.6. The molecular weight excluding hydrogens is 316 g/mol. The van der Waals surface area contributed by atoms with Crippen molar-refractivity contribution < 1.29 is 19.1 Å². The molecule has 6 atom stereocenters. The first kappa shape index (κ1) is 17.3. The zero-order chi connectivity index (χ0) is 18.2. The number of carbonyl (C=O) groups excluding carboxylic acids is 2. The maximum Gasteiger partial charge on any atom is 0.311 e. The summed E-state index contributed by atoms with van der Waals surface area (Å²) >= 11 is 0. The van der Waals surface area contributed by atoms with Gasteiger partial charge in [-0.1, -0.05) is 27.2 Å². The van der Waals surface area contributed by atoms with E-state index in [1.54, 1.807) is 0 Å². The highest BCUT2D eigenvalue weighted by Gasteiger charge is 2.74. The van der Waals surface area contributed by atoms with Gasteiger partial charge in [-0.25, -0.2) is 0 Å². The summed E-state index contributed by atoms with van der Waals surface area (Å²) in [6.07, 6.45) is 7.03. The second-order valence-electron chi connectivity index (χ2n) is 9.46. The molecule has 0 unspecified atom stereocenters. The molecule has 2 saturated carbocycles. The fourth-order valence-electron chi connectivity index (χ4n) is 6.53. The minimum absolute atomic E-state index is 0.0176. The molecule has 4 nitrogen and oxygen atoms in total. The number of hydrogen-bond donors (Lipinski definition) is 0. The van der Waals surface area contributed by atoms with Crippen molar-refractivity contribution in [2.24, 2.45) is 28.6 Å². The number of Topliss-reactive ketones (excluding diaryl/α,β-unsaturated/α-hetero) is 1. The monoisotopic (exact) mass is 346 g/mol. The summed E-state index contributed by atoms with van der Waals surface area (Å²) in [7, 11) is 1.50. The van der Waals surface area contributed by atoms with Crippen LogP contribution in [0.15, 0.2) is 11.6 Å². The van der Waals surface area contributed by atoms with Crippen LogP contribution in [0.4, 0.5) is 0 Å². The Balaban J connectivity index is 1.70. The molecule has 138 valence electrons. The Morgan fingerprint density at radius 3 is 2.60 bits per heavy atom. The van der Waals surface area contributed by atoms with Crippen LogP contribution in [0, 0.1) is 28.6 Å². The molecule has 1 aliphatic heterocycles. The fraction of sp³-hybridized carbons (Fsp3) is 0.810. The Labute approximate surface area is 150 Å². The molecule has 0 radical (unpaired) electrons. The van der Waals surface area contributed by atoms with Crippen LogP contribution < -0.4 is 0 Å². The van der Waals surface area contributed by atoms with Gasteiger partial charge in [0.1, 0.15) is 5.60 Å². The van der Waals surface area contributed by atoms with Crippen molar-refractivity contribution >= 4 is 11.8 Å². The number of esters is 1. The number of methoxy groups -OCH3 is 1. The summed E-state index contributed by atoms with van der Waals surface area (Å²) in [5.41, 5.74) is 0.295. The lowest BCUT2D eigenvalue weighted by Gasteiger charge is -2.56. The fourth-order valence-corrected chi connectivity index (χ4v) is 6.53. The average molecular weight is 346 g/mol. The van der Waals surface area contributed by atoms with Gasteiger partial charge in [0.15, 0.2) is 5.78 Å². The van der Waals surface area contributed by atoms with Gasteiger partial charge in [0.25, 0.3) is 0 Å². The van der Waals surface area contributed by atoms with Gasteiger partial charge >= 0.3 is 5.97 Å². The van der Waals surface area contributed by atoms with Crippen molar-refractivity contribution in [2.75, 3.05) is 7.11 Å². The van der Waals surface area contributed by atoms with E-state index in [9.17, 15) is 9.59 Å². The molecule has 3 fully saturated rings. The van der Waals surface area contributed by atoms with Gasteiger partial charge in [-0.2, -0.15) is 0 Å². The van der Waals surface area contributed by atoms with Gasteiger partial charge in [-0.3, -0.25) is 9.59 Å².